The highest BCUT2D eigenvalue weighted by Gasteiger charge is 2.24. The Balaban J connectivity index is 1.66. The quantitative estimate of drug-likeness (QED) is 0.319. The van der Waals surface area contributed by atoms with E-state index in [1.54, 1.807) is 16.7 Å². The number of methoxy groups -OCH3 is 1. The molecular formula is C22H25ClN4O4S2. The lowest BCUT2D eigenvalue weighted by Crippen LogP contribution is -2.16. The molecule has 0 spiro atoms. The summed E-state index contributed by atoms with van der Waals surface area (Å²) in [5.74, 6) is 0.559. The Morgan fingerprint density at radius 1 is 1.30 bits per heavy atom. The lowest BCUT2D eigenvalue weighted by atomic mass is 10.1. The predicted molar refractivity (Wildman–Crippen MR) is 131 cm³/mol. The average molecular weight is 509 g/mol. The Labute approximate surface area is 205 Å². The molecule has 2 aromatic heterocycles. The van der Waals surface area contributed by atoms with Crippen LogP contribution in [0.2, 0.25) is 5.02 Å². The van der Waals surface area contributed by atoms with Gasteiger partial charge in [0.05, 0.1) is 23.4 Å². The molecule has 0 aliphatic heterocycles. The molecule has 3 rings (SSSR count). The van der Waals surface area contributed by atoms with E-state index in [9.17, 15) is 9.59 Å². The van der Waals surface area contributed by atoms with Crippen LogP contribution in [0.4, 0.5) is 5.00 Å². The number of rotatable bonds is 9. The second-order valence-corrected chi connectivity index (χ2v) is 9.69. The summed E-state index contributed by atoms with van der Waals surface area (Å²) < 4.78 is 12.6. The number of hydrogen-bond donors (Lipinski definition) is 1. The standard InChI is InChI=1S/C22H25ClN4O4S2/c1-6-14-13(3)33-20(18(14)21(29)30-5)24-17(28)11-32-22-26-25-19(27(22)4)12(2)31-16-10-8-7-9-15(16)23/h7-10,12H,6,11H2,1-5H3,(H,24,28). The maximum absolute atomic E-state index is 12.6. The summed E-state index contributed by atoms with van der Waals surface area (Å²) in [6.07, 6.45) is 0.280. The summed E-state index contributed by atoms with van der Waals surface area (Å²) in [7, 11) is 3.14. The monoisotopic (exact) mass is 508 g/mol. The maximum atomic E-state index is 12.6. The molecule has 11 heteroatoms. The van der Waals surface area contributed by atoms with Crippen molar-refractivity contribution in [3.05, 3.63) is 51.1 Å². The molecule has 8 nitrogen and oxygen atoms in total. The van der Waals surface area contributed by atoms with Crippen LogP contribution in [-0.2, 0) is 23.0 Å². The molecule has 0 radical (unpaired) electrons. The lowest BCUT2D eigenvalue weighted by Gasteiger charge is -2.15. The van der Waals surface area contributed by atoms with Crippen molar-refractivity contribution in [2.24, 2.45) is 7.05 Å². The smallest absolute Gasteiger partial charge is 0.341 e. The van der Waals surface area contributed by atoms with E-state index in [-0.39, 0.29) is 11.7 Å². The summed E-state index contributed by atoms with van der Waals surface area (Å²) in [5, 5.41) is 12.8. The summed E-state index contributed by atoms with van der Waals surface area (Å²) in [5.41, 5.74) is 1.31. The van der Waals surface area contributed by atoms with Crippen molar-refractivity contribution in [3.8, 4) is 5.75 Å². The number of halogens is 1. The van der Waals surface area contributed by atoms with Gasteiger partial charge in [0.1, 0.15) is 10.8 Å². The Hall–Kier alpha value is -2.56. The number of thioether (sulfide) groups is 1. The maximum Gasteiger partial charge on any atom is 0.341 e. The van der Waals surface area contributed by atoms with Gasteiger partial charge in [0.15, 0.2) is 17.1 Å². The number of carbonyl (C=O) groups is 2. The summed E-state index contributed by atoms with van der Waals surface area (Å²) in [6.45, 7) is 5.74. The van der Waals surface area contributed by atoms with Crippen molar-refractivity contribution in [1.29, 1.82) is 0 Å². The van der Waals surface area contributed by atoms with Crippen molar-refractivity contribution in [2.45, 2.75) is 38.5 Å². The number of anilines is 1. The molecule has 33 heavy (non-hydrogen) atoms. The summed E-state index contributed by atoms with van der Waals surface area (Å²) in [4.78, 5) is 25.8. The number of hydrogen-bond acceptors (Lipinski definition) is 8. The highest BCUT2D eigenvalue weighted by atomic mass is 35.5. The van der Waals surface area contributed by atoms with Crippen LogP contribution >= 0.6 is 34.7 Å². The molecule has 3 aromatic rings. The normalized spacial score (nSPS) is 11.8. The fourth-order valence-electron chi connectivity index (χ4n) is 3.29. The van der Waals surface area contributed by atoms with Gasteiger partial charge < -0.3 is 19.4 Å². The van der Waals surface area contributed by atoms with Crippen molar-refractivity contribution >= 4 is 51.6 Å². The minimum absolute atomic E-state index is 0.102. The molecule has 0 aliphatic rings. The number of aromatic nitrogens is 3. The Morgan fingerprint density at radius 3 is 2.70 bits per heavy atom. The lowest BCUT2D eigenvalue weighted by molar-refractivity contribution is -0.113. The molecule has 0 bridgehead atoms. The van der Waals surface area contributed by atoms with Crippen LogP contribution in [-0.4, -0.2) is 39.5 Å². The third-order valence-corrected chi connectivity index (χ3v) is 7.31. The summed E-state index contributed by atoms with van der Waals surface area (Å²) >= 11 is 8.78. The van der Waals surface area contributed by atoms with Gasteiger partial charge in [0.25, 0.3) is 0 Å². The number of nitrogens with zero attached hydrogens (tertiary/aromatic N) is 3. The van der Waals surface area contributed by atoms with Gasteiger partial charge in [-0.25, -0.2) is 4.79 Å². The molecular weight excluding hydrogens is 484 g/mol. The molecule has 1 unspecified atom stereocenters. The van der Waals surface area contributed by atoms with Crippen molar-refractivity contribution in [3.63, 3.8) is 0 Å². The molecule has 1 aromatic carbocycles. The molecule has 0 fully saturated rings. The zero-order valence-electron chi connectivity index (χ0n) is 19.0. The highest BCUT2D eigenvalue weighted by molar-refractivity contribution is 7.99. The van der Waals surface area contributed by atoms with Gasteiger partial charge in [-0.2, -0.15) is 0 Å². The number of amides is 1. The number of nitrogens with one attached hydrogen (secondary N) is 1. The van der Waals surface area contributed by atoms with Gasteiger partial charge in [-0.1, -0.05) is 42.4 Å². The first-order valence-electron chi connectivity index (χ1n) is 10.2. The van der Waals surface area contributed by atoms with E-state index in [4.69, 9.17) is 21.1 Å². The van der Waals surface area contributed by atoms with E-state index in [0.717, 1.165) is 10.4 Å². The number of benzene rings is 1. The van der Waals surface area contributed by atoms with Gasteiger partial charge >= 0.3 is 5.97 Å². The van der Waals surface area contributed by atoms with Crippen molar-refractivity contribution in [1.82, 2.24) is 14.8 Å². The van der Waals surface area contributed by atoms with Gasteiger partial charge in [0, 0.05) is 11.9 Å². The molecule has 1 amide bonds. The largest absolute Gasteiger partial charge is 0.481 e. The zero-order chi connectivity index (χ0) is 24.1. The minimum atomic E-state index is -0.454. The molecule has 2 heterocycles. The number of carbonyl (C=O) groups excluding carboxylic acids is 2. The van der Waals surface area contributed by atoms with Crippen LogP contribution in [0.5, 0.6) is 5.75 Å². The first kappa shape index (κ1) is 25.1. The van der Waals surface area contributed by atoms with Crippen molar-refractivity contribution < 1.29 is 19.1 Å². The van der Waals surface area contributed by atoms with E-state index in [1.165, 1.54) is 30.2 Å². The van der Waals surface area contributed by atoms with Gasteiger partial charge in [-0.15, -0.1) is 21.5 Å². The molecule has 1 N–H and O–H groups in total. The van der Waals surface area contributed by atoms with Gasteiger partial charge in [-0.05, 0) is 38.0 Å². The summed E-state index contributed by atoms with van der Waals surface area (Å²) in [6, 6.07) is 7.21. The van der Waals surface area contributed by atoms with Gasteiger partial charge in [0.2, 0.25) is 5.91 Å². The van der Waals surface area contributed by atoms with E-state index >= 15 is 0 Å². The zero-order valence-corrected chi connectivity index (χ0v) is 21.4. The Kier molecular flexibility index (Phi) is 8.39. The topological polar surface area (TPSA) is 95.3 Å². The number of ether oxygens (including phenoxy) is 2. The molecule has 176 valence electrons. The third-order valence-electron chi connectivity index (χ3n) is 4.91. The van der Waals surface area contributed by atoms with Crippen LogP contribution < -0.4 is 10.1 Å². The molecule has 0 saturated carbocycles. The van der Waals surface area contributed by atoms with Crippen LogP contribution in [0.3, 0.4) is 0 Å². The van der Waals surface area contributed by atoms with Crippen LogP contribution in [0.25, 0.3) is 0 Å². The molecule has 0 saturated heterocycles. The van der Waals surface area contributed by atoms with Gasteiger partial charge in [-0.3, -0.25) is 4.79 Å². The Morgan fingerprint density at radius 2 is 2.03 bits per heavy atom. The first-order chi connectivity index (χ1) is 15.8. The number of thiophene rings is 1. The fraction of sp³-hybridized carbons (Fsp3) is 0.364. The second-order valence-electron chi connectivity index (χ2n) is 7.11. The molecule has 0 aliphatic carbocycles. The SMILES string of the molecule is CCc1c(C)sc(NC(=O)CSc2nnc(C(C)Oc3ccccc3Cl)n2C)c1C(=O)OC. The van der Waals surface area contributed by atoms with Crippen LogP contribution in [0.15, 0.2) is 29.4 Å². The van der Waals surface area contributed by atoms with Crippen LogP contribution in [0.1, 0.15) is 46.6 Å². The number of esters is 1. The van der Waals surface area contributed by atoms with Crippen molar-refractivity contribution in [2.75, 3.05) is 18.2 Å². The minimum Gasteiger partial charge on any atom is -0.481 e. The number of para-hydroxylation sites is 1. The average Bonchev–Trinajstić information content (AvgIpc) is 3.31. The number of aryl methyl sites for hydroxylation is 1. The van der Waals surface area contributed by atoms with Crippen LogP contribution in [0, 0.1) is 6.92 Å². The molecule has 1 atom stereocenters. The highest BCUT2D eigenvalue weighted by Crippen LogP contribution is 2.34. The third kappa shape index (κ3) is 5.69. The fourth-order valence-corrected chi connectivity index (χ4v) is 5.34. The first-order valence-corrected chi connectivity index (χ1v) is 12.4. The van der Waals surface area contributed by atoms with E-state index in [2.05, 4.69) is 15.5 Å². The predicted octanol–water partition coefficient (Wildman–Crippen LogP) is 5.06. The van der Waals surface area contributed by atoms with E-state index < -0.39 is 12.1 Å². The van der Waals surface area contributed by atoms with E-state index in [1.807, 2.05) is 40.0 Å². The van der Waals surface area contributed by atoms with E-state index in [0.29, 0.717) is 38.7 Å². The Bertz CT molecular complexity index is 1160. The second kappa shape index (κ2) is 11.0.